The van der Waals surface area contributed by atoms with Crippen LogP contribution in [0.5, 0.6) is 0 Å². The molecule has 0 saturated carbocycles. The second-order valence-electron chi connectivity index (χ2n) is 4.13. The summed E-state index contributed by atoms with van der Waals surface area (Å²) in [5.74, 6) is -1.03. The molecule has 1 aromatic rings. The number of pyridine rings is 1. The Kier molecular flexibility index (Phi) is 3.78. The molecule has 1 N–H and O–H groups in total. The van der Waals surface area contributed by atoms with Crippen molar-refractivity contribution in [2.75, 3.05) is 32.2 Å². The van der Waals surface area contributed by atoms with E-state index >= 15 is 0 Å². The first kappa shape index (κ1) is 12.8. The van der Waals surface area contributed by atoms with Crippen molar-refractivity contribution in [3.8, 4) is 0 Å². The normalized spacial score (nSPS) is 23.3. The molecule has 0 spiro atoms. The van der Waals surface area contributed by atoms with Crippen molar-refractivity contribution in [3.05, 3.63) is 24.0 Å². The first-order chi connectivity index (χ1) is 8.67. The Morgan fingerprint density at radius 1 is 1.39 bits per heavy atom. The number of rotatable bonds is 4. The van der Waals surface area contributed by atoms with Crippen LogP contribution in [-0.4, -0.2) is 55.6 Å². The summed E-state index contributed by atoms with van der Waals surface area (Å²) < 4.78 is 10.7. The predicted molar refractivity (Wildman–Crippen MR) is 65.0 cm³/mol. The summed E-state index contributed by atoms with van der Waals surface area (Å²) in [4.78, 5) is 17.0. The van der Waals surface area contributed by atoms with E-state index < -0.39 is 5.97 Å². The zero-order chi connectivity index (χ0) is 13.1. The molecule has 1 fully saturated rings. The van der Waals surface area contributed by atoms with Gasteiger partial charge in [0.2, 0.25) is 0 Å². The lowest BCUT2D eigenvalue weighted by molar-refractivity contribution is -0.00461. The molecule has 2 atom stereocenters. The first-order valence-electron chi connectivity index (χ1n) is 5.66. The standard InChI is InChI=1S/C12H16N2O4/c1-17-9-6-14(7-10(9)18-2)8-4-3-5-13-11(8)12(15)16/h3-5,9-10H,6-7H2,1-2H3,(H,15,16). The fourth-order valence-corrected chi connectivity index (χ4v) is 2.21. The summed E-state index contributed by atoms with van der Waals surface area (Å²) in [7, 11) is 3.25. The Morgan fingerprint density at radius 3 is 2.50 bits per heavy atom. The van der Waals surface area contributed by atoms with Crippen LogP contribution in [0.25, 0.3) is 0 Å². The maximum Gasteiger partial charge on any atom is 0.356 e. The first-order valence-corrected chi connectivity index (χ1v) is 5.66. The van der Waals surface area contributed by atoms with Crippen molar-refractivity contribution in [1.29, 1.82) is 0 Å². The summed E-state index contributed by atoms with van der Waals surface area (Å²) in [6, 6.07) is 3.48. The van der Waals surface area contributed by atoms with Crippen LogP contribution in [-0.2, 0) is 9.47 Å². The van der Waals surface area contributed by atoms with Crippen LogP contribution in [0.1, 0.15) is 10.5 Å². The maximum atomic E-state index is 11.1. The van der Waals surface area contributed by atoms with Crippen LogP contribution in [0, 0.1) is 0 Å². The van der Waals surface area contributed by atoms with E-state index in [0.29, 0.717) is 18.8 Å². The molecule has 1 aliphatic heterocycles. The smallest absolute Gasteiger partial charge is 0.356 e. The largest absolute Gasteiger partial charge is 0.476 e. The average Bonchev–Trinajstić information content (AvgIpc) is 2.81. The number of nitrogens with zero attached hydrogens (tertiary/aromatic N) is 2. The van der Waals surface area contributed by atoms with Crippen molar-refractivity contribution in [1.82, 2.24) is 4.98 Å². The van der Waals surface area contributed by atoms with Gasteiger partial charge in [-0.05, 0) is 12.1 Å². The van der Waals surface area contributed by atoms with Crippen LogP contribution < -0.4 is 4.90 Å². The molecule has 0 radical (unpaired) electrons. The SMILES string of the molecule is COC1CN(c2cccnc2C(=O)O)CC1OC. The lowest BCUT2D eigenvalue weighted by Crippen LogP contribution is -2.27. The minimum atomic E-state index is -1.03. The van der Waals surface area contributed by atoms with E-state index in [4.69, 9.17) is 14.6 Å². The highest BCUT2D eigenvalue weighted by atomic mass is 16.5. The van der Waals surface area contributed by atoms with E-state index in [1.54, 1.807) is 26.4 Å². The molecule has 98 valence electrons. The van der Waals surface area contributed by atoms with Crippen LogP contribution >= 0.6 is 0 Å². The van der Waals surface area contributed by atoms with Gasteiger partial charge in [-0.3, -0.25) is 0 Å². The van der Waals surface area contributed by atoms with Gasteiger partial charge < -0.3 is 19.5 Å². The van der Waals surface area contributed by atoms with E-state index in [9.17, 15) is 4.79 Å². The third-order valence-corrected chi connectivity index (χ3v) is 3.15. The lowest BCUT2D eigenvalue weighted by atomic mass is 10.2. The molecule has 0 bridgehead atoms. The molecule has 1 saturated heterocycles. The Balaban J connectivity index is 2.26. The predicted octanol–water partition coefficient (Wildman–Crippen LogP) is 0.630. The minimum Gasteiger partial charge on any atom is -0.476 e. The van der Waals surface area contributed by atoms with Crippen molar-refractivity contribution >= 4 is 11.7 Å². The fraction of sp³-hybridized carbons (Fsp3) is 0.500. The third-order valence-electron chi connectivity index (χ3n) is 3.15. The fourth-order valence-electron chi connectivity index (χ4n) is 2.21. The van der Waals surface area contributed by atoms with Gasteiger partial charge in [-0.1, -0.05) is 0 Å². The maximum absolute atomic E-state index is 11.1. The molecule has 18 heavy (non-hydrogen) atoms. The molecule has 0 amide bonds. The number of carbonyl (C=O) groups is 1. The Morgan fingerprint density at radius 2 is 2.00 bits per heavy atom. The summed E-state index contributed by atoms with van der Waals surface area (Å²) in [6.07, 6.45) is 1.36. The second-order valence-corrected chi connectivity index (χ2v) is 4.13. The molecular weight excluding hydrogens is 236 g/mol. The number of hydrogen-bond donors (Lipinski definition) is 1. The molecule has 2 heterocycles. The molecule has 2 rings (SSSR count). The zero-order valence-electron chi connectivity index (χ0n) is 10.4. The van der Waals surface area contributed by atoms with Crippen LogP contribution in [0.3, 0.4) is 0 Å². The molecule has 1 aliphatic rings. The Bertz CT molecular complexity index is 426. The molecular formula is C12H16N2O4. The third kappa shape index (κ3) is 2.30. The van der Waals surface area contributed by atoms with Gasteiger partial charge in [-0.15, -0.1) is 0 Å². The number of aromatic nitrogens is 1. The van der Waals surface area contributed by atoms with Gasteiger partial charge in [0.25, 0.3) is 0 Å². The number of aromatic carboxylic acids is 1. The van der Waals surface area contributed by atoms with E-state index in [-0.39, 0.29) is 17.9 Å². The van der Waals surface area contributed by atoms with Crippen molar-refractivity contribution in [2.24, 2.45) is 0 Å². The Hall–Kier alpha value is -1.66. The zero-order valence-corrected chi connectivity index (χ0v) is 10.4. The van der Waals surface area contributed by atoms with Crippen molar-refractivity contribution < 1.29 is 19.4 Å². The van der Waals surface area contributed by atoms with Gasteiger partial charge in [-0.25, -0.2) is 9.78 Å². The molecule has 0 aliphatic carbocycles. The van der Waals surface area contributed by atoms with Gasteiger partial charge in [0, 0.05) is 33.5 Å². The topological polar surface area (TPSA) is 71.9 Å². The van der Waals surface area contributed by atoms with E-state index in [1.807, 2.05) is 4.90 Å². The van der Waals surface area contributed by atoms with E-state index in [0.717, 1.165) is 0 Å². The van der Waals surface area contributed by atoms with Gasteiger partial charge in [-0.2, -0.15) is 0 Å². The number of carboxylic acids is 1. The molecule has 6 heteroatoms. The van der Waals surface area contributed by atoms with Crippen LogP contribution in [0.4, 0.5) is 5.69 Å². The van der Waals surface area contributed by atoms with Gasteiger partial charge in [0.1, 0.15) is 12.2 Å². The quantitative estimate of drug-likeness (QED) is 0.847. The Labute approximate surface area is 105 Å². The highest BCUT2D eigenvalue weighted by molar-refractivity contribution is 5.92. The van der Waals surface area contributed by atoms with Crippen molar-refractivity contribution in [2.45, 2.75) is 12.2 Å². The second kappa shape index (κ2) is 5.32. The van der Waals surface area contributed by atoms with Crippen LogP contribution in [0.2, 0.25) is 0 Å². The summed E-state index contributed by atoms with van der Waals surface area (Å²) in [6.45, 7) is 1.20. The van der Waals surface area contributed by atoms with E-state index in [1.165, 1.54) is 6.20 Å². The molecule has 1 aromatic heterocycles. The average molecular weight is 252 g/mol. The summed E-state index contributed by atoms with van der Waals surface area (Å²) in [5, 5.41) is 9.12. The molecule has 0 aromatic carbocycles. The number of anilines is 1. The number of ether oxygens (including phenoxy) is 2. The summed E-state index contributed by atoms with van der Waals surface area (Å²) >= 11 is 0. The highest BCUT2D eigenvalue weighted by Crippen LogP contribution is 2.25. The molecule has 2 unspecified atom stereocenters. The number of hydrogen-bond acceptors (Lipinski definition) is 5. The van der Waals surface area contributed by atoms with E-state index in [2.05, 4.69) is 4.98 Å². The number of methoxy groups -OCH3 is 2. The number of carboxylic acid groups (broad SMARTS) is 1. The minimum absolute atomic E-state index is 0.0585. The molecule has 6 nitrogen and oxygen atoms in total. The lowest BCUT2D eigenvalue weighted by Gasteiger charge is -2.19. The highest BCUT2D eigenvalue weighted by Gasteiger charge is 2.34. The summed E-state index contributed by atoms with van der Waals surface area (Å²) in [5.41, 5.74) is 0.663. The van der Waals surface area contributed by atoms with Crippen LogP contribution in [0.15, 0.2) is 18.3 Å². The monoisotopic (exact) mass is 252 g/mol. The van der Waals surface area contributed by atoms with Gasteiger partial charge in [0.05, 0.1) is 5.69 Å². The van der Waals surface area contributed by atoms with Gasteiger partial charge in [0.15, 0.2) is 5.69 Å². The van der Waals surface area contributed by atoms with Gasteiger partial charge >= 0.3 is 5.97 Å². The van der Waals surface area contributed by atoms with Crippen molar-refractivity contribution in [3.63, 3.8) is 0 Å².